The number of nitrogens with zero attached hydrogens (tertiary/aromatic N) is 1. The molecule has 0 atom stereocenters. The standard InChI is InChI=1S/C7H11ClN2.C2H6/c1-4-6(2)7(8)5-10-9-3;1-2/h4-5,9H,1H2,2-3H3;1-2H3/b7-6+,10-5-;. The molecule has 0 aliphatic rings. The van der Waals surface area contributed by atoms with Crippen LogP contribution < -0.4 is 5.43 Å². The second-order valence-corrected chi connectivity index (χ2v) is 2.12. The van der Waals surface area contributed by atoms with E-state index in [2.05, 4.69) is 17.1 Å². The Morgan fingerprint density at radius 2 is 2.00 bits per heavy atom. The minimum atomic E-state index is 0.601. The summed E-state index contributed by atoms with van der Waals surface area (Å²) in [4.78, 5) is 0. The topological polar surface area (TPSA) is 24.4 Å². The van der Waals surface area contributed by atoms with Gasteiger partial charge in [-0.05, 0) is 12.5 Å². The van der Waals surface area contributed by atoms with Crippen LogP contribution in [-0.2, 0) is 0 Å². The molecule has 3 heteroatoms. The lowest BCUT2D eigenvalue weighted by atomic mass is 10.3. The number of halogens is 1. The fourth-order valence-electron chi connectivity index (χ4n) is 0.321. The van der Waals surface area contributed by atoms with Crippen molar-refractivity contribution in [3.05, 3.63) is 23.3 Å². The summed E-state index contributed by atoms with van der Waals surface area (Å²) in [7, 11) is 1.71. The average molecular weight is 189 g/mol. The van der Waals surface area contributed by atoms with Crippen molar-refractivity contribution in [1.82, 2.24) is 5.43 Å². The molecule has 0 fully saturated rings. The molecule has 70 valence electrons. The predicted octanol–water partition coefficient (Wildman–Crippen LogP) is 2.92. The van der Waals surface area contributed by atoms with Crippen molar-refractivity contribution in [1.29, 1.82) is 0 Å². The maximum Gasteiger partial charge on any atom is 0.0657 e. The fourth-order valence-corrected chi connectivity index (χ4v) is 0.446. The largest absolute Gasteiger partial charge is 0.313 e. The molecule has 0 heterocycles. The second-order valence-electron chi connectivity index (χ2n) is 1.72. The molecule has 0 saturated carbocycles. The summed E-state index contributed by atoms with van der Waals surface area (Å²) < 4.78 is 0. The molecule has 0 aromatic rings. The van der Waals surface area contributed by atoms with Gasteiger partial charge in [0.15, 0.2) is 0 Å². The molecule has 2 nitrogen and oxygen atoms in total. The Bertz CT molecular complexity index is 171. The molecule has 0 aromatic heterocycles. The number of nitrogens with one attached hydrogen (secondary N) is 1. The molecule has 0 unspecified atom stereocenters. The molecular formula is C9H17ClN2. The number of rotatable bonds is 3. The quantitative estimate of drug-likeness (QED) is 0.411. The molecule has 0 rings (SSSR count). The highest BCUT2D eigenvalue weighted by atomic mass is 35.5. The number of hydrazone groups is 1. The van der Waals surface area contributed by atoms with Crippen LogP contribution in [0.4, 0.5) is 0 Å². The second kappa shape index (κ2) is 10.2. The monoisotopic (exact) mass is 188 g/mol. The van der Waals surface area contributed by atoms with Gasteiger partial charge in [-0.3, -0.25) is 0 Å². The highest BCUT2D eigenvalue weighted by Gasteiger charge is 1.88. The Balaban J connectivity index is 0. The Morgan fingerprint density at radius 3 is 2.33 bits per heavy atom. The number of hydrogen-bond donors (Lipinski definition) is 1. The van der Waals surface area contributed by atoms with Crippen LogP contribution in [0.5, 0.6) is 0 Å². The normalized spacial score (nSPS) is 11.4. The molecule has 0 saturated heterocycles. The van der Waals surface area contributed by atoms with Gasteiger partial charge >= 0.3 is 0 Å². The lowest BCUT2D eigenvalue weighted by Crippen LogP contribution is -1.94. The maximum absolute atomic E-state index is 5.73. The van der Waals surface area contributed by atoms with Gasteiger partial charge in [-0.15, -0.1) is 0 Å². The average Bonchev–Trinajstić information content (AvgIpc) is 2.16. The zero-order valence-electron chi connectivity index (χ0n) is 8.19. The summed E-state index contributed by atoms with van der Waals surface area (Å²) in [6.07, 6.45) is 3.22. The van der Waals surface area contributed by atoms with Crippen LogP contribution in [0.25, 0.3) is 0 Å². The summed E-state index contributed by atoms with van der Waals surface area (Å²) in [5.41, 5.74) is 3.51. The van der Waals surface area contributed by atoms with Gasteiger partial charge in [0.1, 0.15) is 0 Å². The van der Waals surface area contributed by atoms with Gasteiger partial charge in [0.25, 0.3) is 0 Å². The van der Waals surface area contributed by atoms with E-state index in [1.54, 1.807) is 19.3 Å². The van der Waals surface area contributed by atoms with Gasteiger partial charge in [0.2, 0.25) is 0 Å². The summed E-state index contributed by atoms with van der Waals surface area (Å²) in [6, 6.07) is 0. The Morgan fingerprint density at radius 1 is 1.50 bits per heavy atom. The lowest BCUT2D eigenvalue weighted by molar-refractivity contribution is 0.908. The number of allylic oxidation sites excluding steroid dienone is 3. The van der Waals surface area contributed by atoms with Gasteiger partial charge < -0.3 is 5.43 Å². The van der Waals surface area contributed by atoms with Crippen LogP contribution in [0.2, 0.25) is 0 Å². The summed E-state index contributed by atoms with van der Waals surface area (Å²) in [5.74, 6) is 0. The van der Waals surface area contributed by atoms with Gasteiger partial charge in [-0.2, -0.15) is 5.10 Å². The third-order valence-electron chi connectivity index (χ3n) is 0.990. The highest BCUT2D eigenvalue weighted by Crippen LogP contribution is 2.06. The van der Waals surface area contributed by atoms with E-state index < -0.39 is 0 Å². The van der Waals surface area contributed by atoms with Crippen molar-refractivity contribution >= 4 is 17.8 Å². The van der Waals surface area contributed by atoms with Crippen molar-refractivity contribution in [2.45, 2.75) is 20.8 Å². The van der Waals surface area contributed by atoms with E-state index in [-0.39, 0.29) is 0 Å². The van der Waals surface area contributed by atoms with E-state index in [1.165, 1.54) is 0 Å². The molecular weight excluding hydrogens is 172 g/mol. The summed E-state index contributed by atoms with van der Waals surface area (Å²) >= 11 is 5.73. The first-order chi connectivity index (χ1) is 5.72. The molecule has 12 heavy (non-hydrogen) atoms. The van der Waals surface area contributed by atoms with Crippen LogP contribution in [-0.4, -0.2) is 13.3 Å². The van der Waals surface area contributed by atoms with Crippen molar-refractivity contribution in [2.75, 3.05) is 7.05 Å². The van der Waals surface area contributed by atoms with E-state index >= 15 is 0 Å². The SMILES string of the molecule is C=C/C(C)=C(Cl)\C=N/NC.CC. The van der Waals surface area contributed by atoms with E-state index in [4.69, 9.17) is 11.6 Å². The molecule has 0 spiro atoms. The molecule has 0 amide bonds. The zero-order chi connectivity index (χ0) is 9.98. The van der Waals surface area contributed by atoms with E-state index in [0.717, 1.165) is 5.57 Å². The van der Waals surface area contributed by atoms with E-state index in [0.29, 0.717) is 5.03 Å². The first-order valence-electron chi connectivity index (χ1n) is 3.91. The molecule has 0 aliphatic carbocycles. The maximum atomic E-state index is 5.73. The Hall–Kier alpha value is -0.760. The summed E-state index contributed by atoms with van der Waals surface area (Å²) in [6.45, 7) is 9.44. The van der Waals surface area contributed by atoms with Crippen LogP contribution in [0, 0.1) is 0 Å². The smallest absolute Gasteiger partial charge is 0.0657 e. The first-order valence-corrected chi connectivity index (χ1v) is 4.28. The predicted molar refractivity (Wildman–Crippen MR) is 57.6 cm³/mol. The first kappa shape index (κ1) is 13.8. The molecule has 0 radical (unpaired) electrons. The van der Waals surface area contributed by atoms with Crippen LogP contribution in [0.15, 0.2) is 28.4 Å². The molecule has 0 aliphatic heterocycles. The van der Waals surface area contributed by atoms with Crippen LogP contribution in [0.1, 0.15) is 20.8 Å². The minimum Gasteiger partial charge on any atom is -0.313 e. The van der Waals surface area contributed by atoms with Gasteiger partial charge in [0.05, 0.1) is 11.2 Å². The summed E-state index contributed by atoms with van der Waals surface area (Å²) in [5, 5.41) is 4.33. The number of hydrogen-bond acceptors (Lipinski definition) is 2. The van der Waals surface area contributed by atoms with E-state index in [1.807, 2.05) is 20.8 Å². The van der Waals surface area contributed by atoms with Gasteiger partial charge in [-0.25, -0.2) is 0 Å². The van der Waals surface area contributed by atoms with Gasteiger partial charge in [-0.1, -0.05) is 38.1 Å². The zero-order valence-corrected chi connectivity index (χ0v) is 8.94. The lowest BCUT2D eigenvalue weighted by Gasteiger charge is -1.91. The third kappa shape index (κ3) is 7.35. The van der Waals surface area contributed by atoms with Crippen molar-refractivity contribution in [3.8, 4) is 0 Å². The van der Waals surface area contributed by atoms with Crippen molar-refractivity contribution in [2.24, 2.45) is 5.10 Å². The minimum absolute atomic E-state index is 0.601. The molecule has 0 bridgehead atoms. The highest BCUT2D eigenvalue weighted by molar-refractivity contribution is 6.39. The molecule has 1 N–H and O–H groups in total. The molecule has 0 aromatic carbocycles. The Labute approximate surface area is 80.0 Å². The Kier molecular flexibility index (Phi) is 11.8. The third-order valence-corrected chi connectivity index (χ3v) is 1.39. The van der Waals surface area contributed by atoms with Crippen LogP contribution >= 0.6 is 11.6 Å². The van der Waals surface area contributed by atoms with Crippen LogP contribution in [0.3, 0.4) is 0 Å². The van der Waals surface area contributed by atoms with Crippen molar-refractivity contribution < 1.29 is 0 Å². The van der Waals surface area contributed by atoms with Crippen molar-refractivity contribution in [3.63, 3.8) is 0 Å². The van der Waals surface area contributed by atoms with E-state index in [9.17, 15) is 0 Å². The fraction of sp³-hybridized carbons (Fsp3) is 0.444. The van der Waals surface area contributed by atoms with Gasteiger partial charge in [0, 0.05) is 7.05 Å².